The normalized spacial score (nSPS) is 15.5. The van der Waals surface area contributed by atoms with Crippen molar-refractivity contribution in [3.05, 3.63) is 30.1 Å². The number of hydrogen-bond donors (Lipinski definition) is 1. The van der Waals surface area contributed by atoms with Crippen LogP contribution in [0.4, 0.5) is 10.5 Å². The summed E-state index contributed by atoms with van der Waals surface area (Å²) in [6.45, 7) is 8.64. The molecule has 0 saturated carbocycles. The molecule has 3 heterocycles. The highest BCUT2D eigenvalue weighted by Gasteiger charge is 2.26. The number of aromatic nitrogens is 2. The first-order valence-electron chi connectivity index (χ1n) is 9.17. The number of ether oxygens (including phenoxy) is 1. The number of amides is 1. The third-order valence-corrected chi connectivity index (χ3v) is 4.45. The minimum atomic E-state index is -0.468. The molecule has 7 heteroatoms. The van der Waals surface area contributed by atoms with Gasteiger partial charge in [-0.3, -0.25) is 0 Å². The zero-order valence-corrected chi connectivity index (χ0v) is 15.8. The predicted octanol–water partition coefficient (Wildman–Crippen LogP) is 2.32. The van der Waals surface area contributed by atoms with Crippen molar-refractivity contribution in [2.75, 3.05) is 37.7 Å². The van der Waals surface area contributed by atoms with Crippen molar-refractivity contribution in [3.8, 4) is 0 Å². The lowest BCUT2D eigenvalue weighted by atomic mass is 10.1. The third-order valence-electron chi connectivity index (χ3n) is 4.45. The van der Waals surface area contributed by atoms with Crippen LogP contribution in [0.1, 0.15) is 32.8 Å². The molecule has 0 spiro atoms. The van der Waals surface area contributed by atoms with Crippen molar-refractivity contribution in [3.63, 3.8) is 0 Å². The van der Waals surface area contributed by atoms with Gasteiger partial charge in [0, 0.05) is 39.0 Å². The van der Waals surface area contributed by atoms with Gasteiger partial charge in [-0.2, -0.15) is 5.10 Å². The first-order valence-corrected chi connectivity index (χ1v) is 9.17. The van der Waals surface area contributed by atoms with E-state index in [4.69, 9.17) is 9.84 Å². The number of aliphatic hydroxyl groups is 1. The molecule has 1 fully saturated rings. The van der Waals surface area contributed by atoms with Crippen LogP contribution in [0, 0.1) is 0 Å². The average molecular weight is 360 g/mol. The van der Waals surface area contributed by atoms with Gasteiger partial charge in [-0.25, -0.2) is 9.31 Å². The predicted molar refractivity (Wildman–Crippen MR) is 101 cm³/mol. The second kappa shape index (κ2) is 7.53. The summed E-state index contributed by atoms with van der Waals surface area (Å²) in [6, 6.07) is 4.17. The Morgan fingerprint density at radius 1 is 1.23 bits per heavy atom. The summed E-state index contributed by atoms with van der Waals surface area (Å²) in [7, 11) is 0. The number of anilines is 1. The molecule has 3 rings (SSSR count). The quantitative estimate of drug-likeness (QED) is 0.906. The second-order valence-electron chi connectivity index (χ2n) is 7.68. The molecule has 0 bridgehead atoms. The lowest BCUT2D eigenvalue weighted by Crippen LogP contribution is -2.50. The van der Waals surface area contributed by atoms with Crippen molar-refractivity contribution in [1.29, 1.82) is 0 Å². The molecule has 2 aromatic rings. The van der Waals surface area contributed by atoms with Gasteiger partial charge >= 0.3 is 6.09 Å². The maximum atomic E-state index is 12.2. The van der Waals surface area contributed by atoms with Crippen LogP contribution in [0.3, 0.4) is 0 Å². The SMILES string of the molecule is CC(C)(C)OC(=O)N1CCN(c2cnn3cc(CCCO)ccc23)CC1. The van der Waals surface area contributed by atoms with Crippen molar-refractivity contribution in [1.82, 2.24) is 14.5 Å². The van der Waals surface area contributed by atoms with Crippen LogP contribution in [0.15, 0.2) is 24.5 Å². The Labute approximate surface area is 154 Å². The summed E-state index contributed by atoms with van der Waals surface area (Å²) in [4.78, 5) is 16.2. The van der Waals surface area contributed by atoms with Gasteiger partial charge in [-0.05, 0) is 45.2 Å². The van der Waals surface area contributed by atoms with E-state index in [-0.39, 0.29) is 12.7 Å². The summed E-state index contributed by atoms with van der Waals surface area (Å²) in [5, 5.41) is 13.4. The fraction of sp³-hybridized carbons (Fsp3) is 0.579. The van der Waals surface area contributed by atoms with Crippen molar-refractivity contribution in [2.24, 2.45) is 0 Å². The molecule has 0 unspecified atom stereocenters. The van der Waals surface area contributed by atoms with E-state index < -0.39 is 5.60 Å². The number of fused-ring (bicyclic) bond motifs is 1. The number of piperazine rings is 1. The van der Waals surface area contributed by atoms with E-state index in [0.717, 1.165) is 42.7 Å². The van der Waals surface area contributed by atoms with Gasteiger partial charge in [0.05, 0.1) is 17.4 Å². The Balaban J connectivity index is 1.65. The van der Waals surface area contributed by atoms with Crippen molar-refractivity contribution < 1.29 is 14.6 Å². The number of carbonyl (C=O) groups is 1. The first-order chi connectivity index (χ1) is 12.4. The zero-order chi connectivity index (χ0) is 18.7. The monoisotopic (exact) mass is 360 g/mol. The molecule has 1 amide bonds. The van der Waals surface area contributed by atoms with E-state index in [1.165, 1.54) is 0 Å². The van der Waals surface area contributed by atoms with Gasteiger partial charge in [0.25, 0.3) is 0 Å². The molecule has 2 aromatic heterocycles. The van der Waals surface area contributed by atoms with Gasteiger partial charge in [0.2, 0.25) is 0 Å². The van der Waals surface area contributed by atoms with Crippen LogP contribution < -0.4 is 4.90 Å². The molecule has 0 aromatic carbocycles. The molecule has 1 aliphatic rings. The summed E-state index contributed by atoms with van der Waals surface area (Å²) in [5.41, 5.74) is 2.84. The van der Waals surface area contributed by atoms with Gasteiger partial charge in [-0.15, -0.1) is 0 Å². The second-order valence-corrected chi connectivity index (χ2v) is 7.68. The molecule has 1 saturated heterocycles. The van der Waals surface area contributed by atoms with Crippen LogP contribution in [0.25, 0.3) is 5.52 Å². The molecule has 0 radical (unpaired) electrons. The number of pyridine rings is 1. The number of aryl methyl sites for hydroxylation is 1. The number of carbonyl (C=O) groups excluding carboxylic acids is 1. The highest BCUT2D eigenvalue weighted by Crippen LogP contribution is 2.24. The molecule has 0 atom stereocenters. The molecular formula is C19H28N4O3. The van der Waals surface area contributed by atoms with Crippen LogP contribution in [0.2, 0.25) is 0 Å². The van der Waals surface area contributed by atoms with E-state index in [2.05, 4.69) is 22.1 Å². The fourth-order valence-electron chi connectivity index (χ4n) is 3.14. The summed E-state index contributed by atoms with van der Waals surface area (Å²) >= 11 is 0. The lowest BCUT2D eigenvalue weighted by Gasteiger charge is -2.36. The molecule has 7 nitrogen and oxygen atoms in total. The largest absolute Gasteiger partial charge is 0.444 e. The molecule has 26 heavy (non-hydrogen) atoms. The number of aliphatic hydroxyl groups excluding tert-OH is 1. The van der Waals surface area contributed by atoms with E-state index >= 15 is 0 Å². The average Bonchev–Trinajstić information content (AvgIpc) is 3.01. The maximum absolute atomic E-state index is 12.2. The highest BCUT2D eigenvalue weighted by molar-refractivity contribution is 5.73. The smallest absolute Gasteiger partial charge is 0.410 e. The van der Waals surface area contributed by atoms with E-state index in [1.54, 1.807) is 4.90 Å². The molecule has 1 aliphatic heterocycles. The van der Waals surface area contributed by atoms with Crippen LogP contribution in [-0.4, -0.2) is 64.1 Å². The first kappa shape index (κ1) is 18.5. The summed E-state index contributed by atoms with van der Waals surface area (Å²) in [6.07, 6.45) is 5.26. The van der Waals surface area contributed by atoms with Crippen LogP contribution in [-0.2, 0) is 11.2 Å². The minimum Gasteiger partial charge on any atom is -0.444 e. The van der Waals surface area contributed by atoms with Crippen molar-refractivity contribution >= 4 is 17.3 Å². The molecule has 142 valence electrons. The Bertz CT molecular complexity index is 758. The van der Waals surface area contributed by atoms with Crippen molar-refractivity contribution in [2.45, 2.75) is 39.2 Å². The van der Waals surface area contributed by atoms with E-state index in [0.29, 0.717) is 13.1 Å². The Kier molecular flexibility index (Phi) is 5.36. The van der Waals surface area contributed by atoms with Crippen LogP contribution in [0.5, 0.6) is 0 Å². The van der Waals surface area contributed by atoms with Gasteiger partial charge in [0.1, 0.15) is 5.60 Å². The standard InChI is InChI=1S/C19H28N4O3/c1-19(2,3)26-18(25)22-10-8-21(9-11-22)17-13-20-23-14-15(5-4-12-24)6-7-16(17)23/h6-7,13-14,24H,4-5,8-12H2,1-3H3. The lowest BCUT2D eigenvalue weighted by molar-refractivity contribution is 0.0240. The Morgan fingerprint density at radius 3 is 2.62 bits per heavy atom. The summed E-state index contributed by atoms with van der Waals surface area (Å²) < 4.78 is 7.34. The maximum Gasteiger partial charge on any atom is 0.410 e. The number of hydrogen-bond acceptors (Lipinski definition) is 5. The van der Waals surface area contributed by atoms with E-state index in [9.17, 15) is 4.79 Å². The third kappa shape index (κ3) is 4.27. The van der Waals surface area contributed by atoms with Gasteiger partial charge in [-0.1, -0.05) is 6.07 Å². The summed E-state index contributed by atoms with van der Waals surface area (Å²) in [5.74, 6) is 0. The minimum absolute atomic E-state index is 0.199. The van der Waals surface area contributed by atoms with Gasteiger partial charge < -0.3 is 19.6 Å². The highest BCUT2D eigenvalue weighted by atomic mass is 16.6. The van der Waals surface area contributed by atoms with E-state index in [1.807, 2.05) is 37.7 Å². The molecule has 1 N–H and O–H groups in total. The fourth-order valence-corrected chi connectivity index (χ4v) is 3.14. The molecular weight excluding hydrogens is 332 g/mol. The Morgan fingerprint density at radius 2 is 1.96 bits per heavy atom. The molecule has 0 aliphatic carbocycles. The zero-order valence-electron chi connectivity index (χ0n) is 15.8. The van der Waals surface area contributed by atoms with Gasteiger partial charge in [0.15, 0.2) is 0 Å². The topological polar surface area (TPSA) is 70.3 Å². The number of nitrogens with zero attached hydrogens (tertiary/aromatic N) is 4. The van der Waals surface area contributed by atoms with Crippen LogP contribution >= 0.6 is 0 Å². The Hall–Kier alpha value is -2.28. The number of rotatable bonds is 4.